The normalized spacial score (nSPS) is 33.9. The molecule has 0 saturated heterocycles. The van der Waals surface area contributed by atoms with Crippen molar-refractivity contribution in [3.8, 4) is 0 Å². The lowest BCUT2D eigenvalue weighted by molar-refractivity contribution is 0.301. The molecule has 1 saturated carbocycles. The lowest BCUT2D eigenvalue weighted by atomic mass is 9.60. The minimum atomic E-state index is -1.09. The van der Waals surface area contributed by atoms with Gasteiger partial charge in [-0.1, -0.05) is 32.6 Å². The maximum atomic E-state index is 8.90. The summed E-state index contributed by atoms with van der Waals surface area (Å²) in [5.74, 6) is 0.627. The van der Waals surface area contributed by atoms with Crippen LogP contribution in [0.5, 0.6) is 0 Å². The van der Waals surface area contributed by atoms with E-state index in [9.17, 15) is 0 Å². The molecule has 0 bridgehead atoms. The molecule has 0 aromatic carbocycles. The summed E-state index contributed by atoms with van der Waals surface area (Å²) in [5, 5.41) is 17.8. The van der Waals surface area contributed by atoms with E-state index in [-0.39, 0.29) is 5.82 Å². The van der Waals surface area contributed by atoms with Crippen molar-refractivity contribution >= 4 is 7.12 Å². The van der Waals surface area contributed by atoms with Crippen LogP contribution < -0.4 is 0 Å². The van der Waals surface area contributed by atoms with Gasteiger partial charge in [-0.3, -0.25) is 0 Å². The molecular formula is C7H15BO2. The molecule has 0 amide bonds. The van der Waals surface area contributed by atoms with E-state index < -0.39 is 7.12 Å². The summed E-state index contributed by atoms with van der Waals surface area (Å²) in [4.78, 5) is 0. The maximum absolute atomic E-state index is 8.90. The fourth-order valence-electron chi connectivity index (χ4n) is 1.79. The predicted octanol–water partition coefficient (Wildman–Crippen LogP) is 1.04. The minimum absolute atomic E-state index is 0.133. The first-order valence-corrected chi connectivity index (χ1v) is 4.08. The fourth-order valence-corrected chi connectivity index (χ4v) is 1.79. The van der Waals surface area contributed by atoms with E-state index in [1.165, 1.54) is 6.42 Å². The van der Waals surface area contributed by atoms with Crippen LogP contribution >= 0.6 is 0 Å². The van der Waals surface area contributed by atoms with E-state index in [2.05, 4.69) is 6.92 Å². The second-order valence-electron chi connectivity index (χ2n) is 3.34. The first kappa shape index (κ1) is 8.09. The van der Waals surface area contributed by atoms with Crippen molar-refractivity contribution < 1.29 is 10.0 Å². The Bertz CT molecular complexity index is 106. The van der Waals surface area contributed by atoms with E-state index in [0.29, 0.717) is 5.92 Å². The van der Waals surface area contributed by atoms with Crippen LogP contribution in [0.1, 0.15) is 32.6 Å². The van der Waals surface area contributed by atoms with Crippen LogP contribution in [-0.4, -0.2) is 17.2 Å². The molecule has 0 radical (unpaired) electrons. The van der Waals surface area contributed by atoms with Gasteiger partial charge in [0.1, 0.15) is 0 Å². The number of rotatable bonds is 1. The monoisotopic (exact) mass is 142 g/mol. The molecule has 1 aliphatic carbocycles. The van der Waals surface area contributed by atoms with E-state index in [0.717, 1.165) is 19.3 Å². The summed E-state index contributed by atoms with van der Waals surface area (Å²) in [6, 6.07) is 0. The third-order valence-corrected chi connectivity index (χ3v) is 2.56. The van der Waals surface area contributed by atoms with Gasteiger partial charge < -0.3 is 10.0 Å². The average Bonchev–Trinajstić information content (AvgIpc) is 1.88. The summed E-state index contributed by atoms with van der Waals surface area (Å²) < 4.78 is 0. The standard InChI is InChI=1S/C7H15BO2/c1-6-4-2-3-5-7(6)8(9)10/h6-7,9-10H,2-5H2,1H3. The van der Waals surface area contributed by atoms with Gasteiger partial charge in [0.05, 0.1) is 0 Å². The zero-order chi connectivity index (χ0) is 7.56. The Kier molecular flexibility index (Phi) is 2.75. The fraction of sp³-hybridized carbons (Fsp3) is 1.00. The molecule has 2 nitrogen and oxygen atoms in total. The molecule has 0 aliphatic heterocycles. The Balaban J connectivity index is 2.40. The van der Waals surface area contributed by atoms with Gasteiger partial charge in [-0.2, -0.15) is 0 Å². The summed E-state index contributed by atoms with van der Waals surface area (Å²) in [7, 11) is -1.09. The van der Waals surface area contributed by atoms with E-state index in [1.54, 1.807) is 0 Å². The third kappa shape index (κ3) is 1.73. The highest BCUT2D eigenvalue weighted by Crippen LogP contribution is 2.34. The Hall–Kier alpha value is -0.0151. The molecule has 58 valence electrons. The van der Waals surface area contributed by atoms with Gasteiger partial charge in [0, 0.05) is 0 Å². The molecule has 0 aromatic rings. The molecule has 3 heteroatoms. The zero-order valence-corrected chi connectivity index (χ0v) is 6.45. The molecule has 1 aliphatic rings. The van der Waals surface area contributed by atoms with E-state index in [4.69, 9.17) is 10.0 Å². The zero-order valence-electron chi connectivity index (χ0n) is 6.45. The number of hydrogen-bond acceptors (Lipinski definition) is 2. The Morgan fingerprint density at radius 3 is 2.20 bits per heavy atom. The van der Waals surface area contributed by atoms with Crippen molar-refractivity contribution in [1.29, 1.82) is 0 Å². The molecular weight excluding hydrogens is 127 g/mol. The van der Waals surface area contributed by atoms with Crippen LogP contribution in [0, 0.1) is 5.92 Å². The Labute approximate surface area is 62.4 Å². The van der Waals surface area contributed by atoms with Gasteiger partial charge >= 0.3 is 7.12 Å². The topological polar surface area (TPSA) is 40.5 Å². The summed E-state index contributed by atoms with van der Waals surface area (Å²) in [6.45, 7) is 2.10. The lowest BCUT2D eigenvalue weighted by Crippen LogP contribution is -2.27. The molecule has 2 unspecified atom stereocenters. The maximum Gasteiger partial charge on any atom is 0.455 e. The summed E-state index contributed by atoms with van der Waals surface area (Å²) in [6.07, 6.45) is 4.55. The van der Waals surface area contributed by atoms with E-state index >= 15 is 0 Å². The van der Waals surface area contributed by atoms with Crippen molar-refractivity contribution in [2.75, 3.05) is 0 Å². The molecule has 1 fully saturated rings. The van der Waals surface area contributed by atoms with Gasteiger partial charge in [-0.05, 0) is 11.7 Å². The number of hydrogen-bond donors (Lipinski definition) is 2. The van der Waals surface area contributed by atoms with Gasteiger partial charge in [0.25, 0.3) is 0 Å². The molecule has 10 heavy (non-hydrogen) atoms. The SMILES string of the molecule is CC1CCCCC1B(O)O. The highest BCUT2D eigenvalue weighted by Gasteiger charge is 2.30. The second-order valence-corrected chi connectivity index (χ2v) is 3.34. The smallest absolute Gasteiger partial charge is 0.427 e. The molecule has 1 rings (SSSR count). The quantitative estimate of drug-likeness (QED) is 0.537. The largest absolute Gasteiger partial charge is 0.455 e. The van der Waals surface area contributed by atoms with Crippen LogP contribution in [0.25, 0.3) is 0 Å². The first-order valence-electron chi connectivity index (χ1n) is 4.08. The van der Waals surface area contributed by atoms with Gasteiger partial charge in [-0.15, -0.1) is 0 Å². The molecule has 0 heterocycles. The molecule has 2 N–H and O–H groups in total. The Morgan fingerprint density at radius 2 is 1.80 bits per heavy atom. The molecule has 2 atom stereocenters. The van der Waals surface area contributed by atoms with Crippen LogP contribution in [0.15, 0.2) is 0 Å². The van der Waals surface area contributed by atoms with Gasteiger partial charge in [0.2, 0.25) is 0 Å². The highest BCUT2D eigenvalue weighted by molar-refractivity contribution is 6.43. The van der Waals surface area contributed by atoms with Crippen molar-refractivity contribution in [2.45, 2.75) is 38.4 Å². The van der Waals surface area contributed by atoms with Gasteiger partial charge in [0.15, 0.2) is 0 Å². The van der Waals surface area contributed by atoms with Crippen LogP contribution in [0.2, 0.25) is 5.82 Å². The minimum Gasteiger partial charge on any atom is -0.427 e. The predicted molar refractivity (Wildman–Crippen MR) is 41.6 cm³/mol. The average molecular weight is 142 g/mol. The third-order valence-electron chi connectivity index (χ3n) is 2.56. The summed E-state index contributed by atoms with van der Waals surface area (Å²) in [5.41, 5.74) is 0. The molecule has 0 aromatic heterocycles. The van der Waals surface area contributed by atoms with Crippen LogP contribution in [0.3, 0.4) is 0 Å². The highest BCUT2D eigenvalue weighted by atomic mass is 16.4. The first-order chi connectivity index (χ1) is 4.72. The summed E-state index contributed by atoms with van der Waals surface area (Å²) >= 11 is 0. The van der Waals surface area contributed by atoms with Crippen molar-refractivity contribution in [1.82, 2.24) is 0 Å². The van der Waals surface area contributed by atoms with Gasteiger partial charge in [-0.25, -0.2) is 0 Å². The lowest BCUT2D eigenvalue weighted by Gasteiger charge is -2.27. The Morgan fingerprint density at radius 1 is 1.20 bits per heavy atom. The molecule has 0 spiro atoms. The second kappa shape index (κ2) is 3.40. The van der Waals surface area contributed by atoms with Crippen molar-refractivity contribution in [3.63, 3.8) is 0 Å². The van der Waals surface area contributed by atoms with E-state index in [1.807, 2.05) is 0 Å². The van der Waals surface area contributed by atoms with Crippen molar-refractivity contribution in [3.05, 3.63) is 0 Å². The van der Waals surface area contributed by atoms with Crippen molar-refractivity contribution in [2.24, 2.45) is 5.92 Å². The van der Waals surface area contributed by atoms with Crippen LogP contribution in [-0.2, 0) is 0 Å². The van der Waals surface area contributed by atoms with Crippen LogP contribution in [0.4, 0.5) is 0 Å².